The van der Waals surface area contributed by atoms with Gasteiger partial charge in [0.2, 0.25) is 5.91 Å². The highest BCUT2D eigenvalue weighted by Gasteiger charge is 2.38. The van der Waals surface area contributed by atoms with Crippen molar-refractivity contribution in [3.63, 3.8) is 0 Å². The Kier molecular flexibility index (Phi) is 5.48. The summed E-state index contributed by atoms with van der Waals surface area (Å²) >= 11 is 2.18. The first-order valence-electron chi connectivity index (χ1n) is 9.31. The smallest absolute Gasteiger partial charge is 0.316 e. The number of nitriles is 2. The zero-order valence-corrected chi connectivity index (χ0v) is 17.2. The SMILES string of the molecule is N#Cc1c(C(F)(F)F)cc(C2CC2)nc1SCC(=O)Nc1sc2c(c1C#N)CCC2. The molecule has 4 rings (SSSR count). The quantitative estimate of drug-likeness (QED) is 0.650. The van der Waals surface area contributed by atoms with Crippen molar-refractivity contribution < 1.29 is 18.0 Å². The summed E-state index contributed by atoms with van der Waals surface area (Å²) in [4.78, 5) is 17.8. The van der Waals surface area contributed by atoms with E-state index in [-0.39, 0.29) is 16.7 Å². The third kappa shape index (κ3) is 4.03. The van der Waals surface area contributed by atoms with E-state index in [1.807, 2.05) is 0 Å². The molecule has 0 bridgehead atoms. The number of amides is 1. The zero-order valence-electron chi connectivity index (χ0n) is 15.6. The number of pyridine rings is 1. The Hall–Kier alpha value is -2.56. The number of fused-ring (bicyclic) bond motifs is 1. The number of aromatic nitrogens is 1. The largest absolute Gasteiger partial charge is 0.417 e. The van der Waals surface area contributed by atoms with E-state index in [2.05, 4.69) is 16.4 Å². The van der Waals surface area contributed by atoms with E-state index in [9.17, 15) is 28.5 Å². The molecule has 0 saturated heterocycles. The molecule has 10 heteroatoms. The summed E-state index contributed by atoms with van der Waals surface area (Å²) in [6, 6.07) is 4.68. The Labute approximate surface area is 178 Å². The summed E-state index contributed by atoms with van der Waals surface area (Å²) in [5, 5.41) is 21.8. The number of halogens is 3. The minimum absolute atomic E-state index is 0.0290. The van der Waals surface area contributed by atoms with E-state index in [4.69, 9.17) is 0 Å². The average molecular weight is 448 g/mol. The maximum absolute atomic E-state index is 13.4. The molecular weight excluding hydrogens is 433 g/mol. The van der Waals surface area contributed by atoms with E-state index in [1.54, 1.807) is 6.07 Å². The molecule has 1 saturated carbocycles. The molecule has 0 aliphatic heterocycles. The van der Waals surface area contributed by atoms with Gasteiger partial charge in [-0.3, -0.25) is 4.79 Å². The molecule has 1 amide bonds. The number of nitrogens with zero attached hydrogens (tertiary/aromatic N) is 3. The van der Waals surface area contributed by atoms with Crippen LogP contribution in [0.25, 0.3) is 0 Å². The second kappa shape index (κ2) is 7.93. The molecule has 2 aliphatic rings. The third-order valence-corrected chi connectivity index (χ3v) is 7.23. The van der Waals surface area contributed by atoms with Gasteiger partial charge in [-0.05, 0) is 43.7 Å². The molecule has 0 spiro atoms. The van der Waals surface area contributed by atoms with Gasteiger partial charge in [0.1, 0.15) is 22.2 Å². The van der Waals surface area contributed by atoms with Crippen molar-refractivity contribution in [3.05, 3.63) is 38.9 Å². The van der Waals surface area contributed by atoms with E-state index in [1.165, 1.54) is 11.3 Å². The molecule has 5 nitrogen and oxygen atoms in total. The molecule has 154 valence electrons. The number of thiophene rings is 1. The topological polar surface area (TPSA) is 89.6 Å². The first-order valence-corrected chi connectivity index (χ1v) is 11.1. The predicted octanol–water partition coefficient (Wildman–Crippen LogP) is 5.00. The standard InChI is InChI=1S/C20H15F3N4OS2/c21-20(22,23)14-6-15(10-4-5-10)26-18(13(14)8-25)29-9-17(28)27-19-12(7-24)11-2-1-3-16(11)30-19/h6,10H,1-5,9H2,(H,27,28). The maximum Gasteiger partial charge on any atom is 0.417 e. The average Bonchev–Trinajstić information content (AvgIpc) is 3.37. The van der Waals surface area contributed by atoms with Gasteiger partial charge < -0.3 is 5.32 Å². The zero-order chi connectivity index (χ0) is 21.5. The van der Waals surface area contributed by atoms with Crippen LogP contribution in [-0.4, -0.2) is 16.6 Å². The van der Waals surface area contributed by atoms with Gasteiger partial charge >= 0.3 is 6.18 Å². The first-order chi connectivity index (χ1) is 14.3. The minimum atomic E-state index is -4.67. The number of alkyl halides is 3. The van der Waals surface area contributed by atoms with Gasteiger partial charge in [0.25, 0.3) is 0 Å². The minimum Gasteiger partial charge on any atom is -0.316 e. The number of aryl methyl sites for hydroxylation is 1. The van der Waals surface area contributed by atoms with Crippen LogP contribution in [0.1, 0.15) is 58.0 Å². The molecular formula is C20H15F3N4OS2. The number of thioether (sulfide) groups is 1. The number of hydrogen-bond acceptors (Lipinski definition) is 6. The summed E-state index contributed by atoms with van der Waals surface area (Å²) in [7, 11) is 0. The molecule has 2 aromatic rings. The lowest BCUT2D eigenvalue weighted by Gasteiger charge is -2.14. The normalized spacial score (nSPS) is 15.4. The van der Waals surface area contributed by atoms with Gasteiger partial charge in [0.05, 0.1) is 22.4 Å². The van der Waals surface area contributed by atoms with Gasteiger partial charge in [-0.1, -0.05) is 11.8 Å². The number of hydrogen-bond donors (Lipinski definition) is 1. The fourth-order valence-corrected chi connectivity index (χ4v) is 5.54. The molecule has 30 heavy (non-hydrogen) atoms. The molecule has 1 fully saturated rings. The van der Waals surface area contributed by atoms with Crippen molar-refractivity contribution in [3.8, 4) is 12.1 Å². The lowest BCUT2D eigenvalue weighted by Crippen LogP contribution is -2.15. The van der Waals surface area contributed by atoms with Crippen LogP contribution >= 0.6 is 23.1 Å². The summed E-state index contributed by atoms with van der Waals surface area (Å²) in [6.45, 7) is 0. The Morgan fingerprint density at radius 2 is 2.00 bits per heavy atom. The van der Waals surface area contributed by atoms with Crippen LogP contribution in [0.2, 0.25) is 0 Å². The van der Waals surface area contributed by atoms with Crippen molar-refractivity contribution in [2.45, 2.75) is 49.2 Å². The van der Waals surface area contributed by atoms with Crippen LogP contribution in [0.5, 0.6) is 0 Å². The van der Waals surface area contributed by atoms with Crippen molar-refractivity contribution in [1.82, 2.24) is 4.98 Å². The maximum atomic E-state index is 13.4. The van der Waals surface area contributed by atoms with Crippen LogP contribution in [-0.2, 0) is 23.8 Å². The van der Waals surface area contributed by atoms with Gasteiger partial charge in [-0.25, -0.2) is 4.98 Å². The van der Waals surface area contributed by atoms with Gasteiger partial charge in [-0.15, -0.1) is 11.3 Å². The molecule has 2 aliphatic carbocycles. The number of anilines is 1. The van der Waals surface area contributed by atoms with Crippen LogP contribution in [0.3, 0.4) is 0 Å². The predicted molar refractivity (Wildman–Crippen MR) is 106 cm³/mol. The highest BCUT2D eigenvalue weighted by Crippen LogP contribution is 2.44. The van der Waals surface area contributed by atoms with E-state index >= 15 is 0 Å². The van der Waals surface area contributed by atoms with Gasteiger partial charge in [-0.2, -0.15) is 23.7 Å². The second-order valence-corrected chi connectivity index (χ2v) is 9.24. The second-order valence-electron chi connectivity index (χ2n) is 7.17. The Bertz CT molecular complexity index is 1110. The van der Waals surface area contributed by atoms with Gasteiger partial charge in [0, 0.05) is 16.5 Å². The van der Waals surface area contributed by atoms with Crippen LogP contribution in [0, 0.1) is 22.7 Å². The van der Waals surface area contributed by atoms with Crippen LogP contribution < -0.4 is 5.32 Å². The molecule has 0 aromatic carbocycles. The Morgan fingerprint density at radius 3 is 2.63 bits per heavy atom. The molecule has 2 heterocycles. The number of nitrogens with one attached hydrogen (secondary N) is 1. The molecule has 0 radical (unpaired) electrons. The highest BCUT2D eigenvalue weighted by atomic mass is 32.2. The summed E-state index contributed by atoms with van der Waals surface area (Å²) < 4.78 is 40.3. The lowest BCUT2D eigenvalue weighted by atomic mass is 10.1. The Morgan fingerprint density at radius 1 is 1.27 bits per heavy atom. The van der Waals surface area contributed by atoms with Crippen LogP contribution in [0.15, 0.2) is 11.1 Å². The van der Waals surface area contributed by atoms with E-state index in [0.717, 1.165) is 60.4 Å². The van der Waals surface area contributed by atoms with E-state index in [0.29, 0.717) is 16.3 Å². The number of carbonyl (C=O) groups is 1. The van der Waals surface area contributed by atoms with Crippen molar-refractivity contribution >= 4 is 34.0 Å². The van der Waals surface area contributed by atoms with Gasteiger partial charge in [0.15, 0.2) is 0 Å². The third-order valence-electron chi connectivity index (χ3n) is 5.04. The molecule has 2 aromatic heterocycles. The van der Waals surface area contributed by atoms with Crippen molar-refractivity contribution in [2.24, 2.45) is 0 Å². The summed E-state index contributed by atoms with van der Waals surface area (Å²) in [5.74, 6) is -0.688. The van der Waals surface area contributed by atoms with Crippen LogP contribution in [0.4, 0.5) is 18.2 Å². The first kappa shape index (κ1) is 20.7. The number of carbonyl (C=O) groups excluding carboxylic acids is 1. The number of rotatable bonds is 5. The monoisotopic (exact) mass is 448 g/mol. The highest BCUT2D eigenvalue weighted by molar-refractivity contribution is 8.00. The van der Waals surface area contributed by atoms with Crippen molar-refractivity contribution in [2.75, 3.05) is 11.1 Å². The molecule has 1 N–H and O–H groups in total. The lowest BCUT2D eigenvalue weighted by molar-refractivity contribution is -0.138. The molecule has 0 atom stereocenters. The molecule has 0 unspecified atom stereocenters. The summed E-state index contributed by atoms with van der Waals surface area (Å²) in [6.07, 6.45) is -0.469. The fourth-order valence-electron chi connectivity index (χ4n) is 3.47. The Balaban J connectivity index is 1.54. The van der Waals surface area contributed by atoms with E-state index < -0.39 is 23.2 Å². The van der Waals surface area contributed by atoms with Crippen molar-refractivity contribution in [1.29, 1.82) is 10.5 Å². The fraction of sp³-hybridized carbons (Fsp3) is 0.400. The summed E-state index contributed by atoms with van der Waals surface area (Å²) in [5.41, 5.74) is 0.192.